The summed E-state index contributed by atoms with van der Waals surface area (Å²) in [6.07, 6.45) is 2.35. The summed E-state index contributed by atoms with van der Waals surface area (Å²) in [5.41, 5.74) is 2.72. The van der Waals surface area contributed by atoms with Gasteiger partial charge in [0.1, 0.15) is 5.75 Å². The second-order valence-corrected chi connectivity index (χ2v) is 6.27. The van der Waals surface area contributed by atoms with Gasteiger partial charge in [-0.05, 0) is 54.1 Å². The lowest BCUT2D eigenvalue weighted by Gasteiger charge is -2.01. The van der Waals surface area contributed by atoms with Crippen molar-refractivity contribution in [2.75, 3.05) is 6.61 Å². The second kappa shape index (κ2) is 6.31. The molecule has 2 heteroatoms. The lowest BCUT2D eigenvalue weighted by molar-refractivity contribution is 0.341. The lowest BCUT2D eigenvalue weighted by atomic mass is 10.1. The van der Waals surface area contributed by atoms with E-state index in [2.05, 4.69) is 49.4 Å². The van der Waals surface area contributed by atoms with Gasteiger partial charge in [-0.1, -0.05) is 37.6 Å². The normalized spacial score (nSPS) is 11.0. The predicted octanol–water partition coefficient (Wildman–Crippen LogP) is 5.92. The Morgan fingerprint density at radius 2 is 1.76 bits per heavy atom. The number of benzene rings is 2. The van der Waals surface area contributed by atoms with E-state index < -0.39 is 0 Å². The van der Waals surface area contributed by atoms with Crippen LogP contribution in [0.15, 0.2) is 48.5 Å². The largest absolute Gasteiger partial charge is 0.494 e. The Morgan fingerprint density at radius 3 is 2.48 bits per heavy atom. The Kier molecular flexibility index (Phi) is 4.26. The molecule has 0 saturated heterocycles. The second-order valence-electron chi connectivity index (χ2n) is 5.19. The number of aryl methyl sites for hydroxylation is 1. The topological polar surface area (TPSA) is 9.23 Å². The highest BCUT2D eigenvalue weighted by Crippen LogP contribution is 2.35. The van der Waals surface area contributed by atoms with Crippen LogP contribution in [0.5, 0.6) is 5.75 Å². The van der Waals surface area contributed by atoms with Gasteiger partial charge in [0.05, 0.1) is 6.61 Å². The summed E-state index contributed by atoms with van der Waals surface area (Å²) in [5, 5.41) is 1.29. The molecular formula is C19H20OS. The van der Waals surface area contributed by atoms with Gasteiger partial charge in [0.25, 0.3) is 0 Å². The molecule has 0 amide bonds. The Bertz CT molecular complexity index is 725. The number of fused-ring (bicyclic) bond motifs is 1. The highest BCUT2D eigenvalue weighted by atomic mass is 32.1. The van der Waals surface area contributed by atoms with Crippen molar-refractivity contribution >= 4 is 21.4 Å². The van der Waals surface area contributed by atoms with Crippen LogP contribution in [0, 0.1) is 0 Å². The summed E-state index contributed by atoms with van der Waals surface area (Å²) >= 11 is 1.83. The smallest absolute Gasteiger partial charge is 0.120 e. The van der Waals surface area contributed by atoms with Crippen molar-refractivity contribution in [1.82, 2.24) is 0 Å². The highest BCUT2D eigenvalue weighted by Gasteiger charge is 2.05. The van der Waals surface area contributed by atoms with Crippen molar-refractivity contribution in [3.8, 4) is 16.2 Å². The average Bonchev–Trinajstić information content (AvgIpc) is 2.92. The first-order valence-corrected chi connectivity index (χ1v) is 8.37. The molecule has 21 heavy (non-hydrogen) atoms. The van der Waals surface area contributed by atoms with E-state index in [0.29, 0.717) is 6.61 Å². The monoisotopic (exact) mass is 296 g/mol. The standard InChI is InChI=1S/C19H20OS/c1-3-5-14-6-8-15(9-7-14)18-12-16-10-11-17(20-4-2)13-19(16)21-18/h6-13H,3-5H2,1-2H3. The molecule has 0 aliphatic rings. The summed E-state index contributed by atoms with van der Waals surface area (Å²) in [5.74, 6) is 0.955. The molecule has 0 saturated carbocycles. The van der Waals surface area contributed by atoms with E-state index in [9.17, 15) is 0 Å². The first-order chi connectivity index (χ1) is 10.3. The van der Waals surface area contributed by atoms with E-state index in [1.54, 1.807) is 0 Å². The zero-order chi connectivity index (χ0) is 14.7. The molecule has 108 valence electrons. The Balaban J connectivity index is 1.92. The molecule has 3 aromatic rings. The van der Waals surface area contributed by atoms with Gasteiger partial charge in [0.15, 0.2) is 0 Å². The number of thiophene rings is 1. The molecule has 0 aliphatic carbocycles. The fraction of sp³-hybridized carbons (Fsp3) is 0.263. The lowest BCUT2D eigenvalue weighted by Crippen LogP contribution is -1.89. The molecule has 0 aliphatic heterocycles. The summed E-state index contributed by atoms with van der Waals surface area (Å²) in [7, 11) is 0. The molecule has 0 radical (unpaired) electrons. The minimum absolute atomic E-state index is 0.711. The first-order valence-electron chi connectivity index (χ1n) is 7.56. The van der Waals surface area contributed by atoms with E-state index in [1.807, 2.05) is 24.3 Å². The van der Waals surface area contributed by atoms with Crippen LogP contribution in [0.2, 0.25) is 0 Å². The predicted molar refractivity (Wildman–Crippen MR) is 92.4 cm³/mol. The van der Waals surface area contributed by atoms with E-state index in [1.165, 1.54) is 32.5 Å². The fourth-order valence-corrected chi connectivity index (χ4v) is 3.63. The summed E-state index contributed by atoms with van der Waals surface area (Å²) in [6.45, 7) is 4.94. The Morgan fingerprint density at radius 1 is 0.952 bits per heavy atom. The van der Waals surface area contributed by atoms with Crippen molar-refractivity contribution in [1.29, 1.82) is 0 Å². The van der Waals surface area contributed by atoms with Crippen molar-refractivity contribution in [3.05, 3.63) is 54.1 Å². The molecule has 0 spiro atoms. The molecule has 1 heterocycles. The van der Waals surface area contributed by atoms with Crippen molar-refractivity contribution in [3.63, 3.8) is 0 Å². The van der Waals surface area contributed by atoms with Crippen LogP contribution < -0.4 is 4.74 Å². The van der Waals surface area contributed by atoms with Crippen LogP contribution in [0.1, 0.15) is 25.8 Å². The molecule has 2 aromatic carbocycles. The molecule has 3 rings (SSSR count). The van der Waals surface area contributed by atoms with Crippen molar-refractivity contribution in [2.45, 2.75) is 26.7 Å². The van der Waals surface area contributed by atoms with Gasteiger partial charge >= 0.3 is 0 Å². The van der Waals surface area contributed by atoms with Gasteiger partial charge in [0.2, 0.25) is 0 Å². The molecule has 0 atom stereocenters. The third-order valence-corrected chi connectivity index (χ3v) is 4.73. The zero-order valence-electron chi connectivity index (χ0n) is 12.6. The van der Waals surface area contributed by atoms with Crippen LogP contribution in [0.3, 0.4) is 0 Å². The van der Waals surface area contributed by atoms with Crippen LogP contribution in [0.25, 0.3) is 20.5 Å². The quantitative estimate of drug-likeness (QED) is 0.568. The highest BCUT2D eigenvalue weighted by molar-refractivity contribution is 7.22. The molecule has 0 unspecified atom stereocenters. The zero-order valence-corrected chi connectivity index (χ0v) is 13.4. The van der Waals surface area contributed by atoms with Gasteiger partial charge in [0, 0.05) is 9.58 Å². The van der Waals surface area contributed by atoms with Gasteiger partial charge in [-0.3, -0.25) is 0 Å². The third kappa shape index (κ3) is 3.11. The molecule has 0 fully saturated rings. The molecule has 0 bridgehead atoms. The van der Waals surface area contributed by atoms with Crippen molar-refractivity contribution < 1.29 is 4.74 Å². The van der Waals surface area contributed by atoms with Crippen LogP contribution in [-0.2, 0) is 6.42 Å². The average molecular weight is 296 g/mol. The summed E-state index contributed by atoms with van der Waals surface area (Å²) in [6, 6.07) is 17.6. The van der Waals surface area contributed by atoms with Crippen LogP contribution >= 0.6 is 11.3 Å². The fourth-order valence-electron chi connectivity index (χ4n) is 2.53. The SMILES string of the molecule is CCCc1ccc(-c2cc3ccc(OCC)cc3s2)cc1. The van der Waals surface area contributed by atoms with E-state index in [4.69, 9.17) is 4.74 Å². The van der Waals surface area contributed by atoms with Crippen molar-refractivity contribution in [2.24, 2.45) is 0 Å². The summed E-state index contributed by atoms with van der Waals surface area (Å²) in [4.78, 5) is 1.32. The van der Waals surface area contributed by atoms with E-state index in [0.717, 1.165) is 12.2 Å². The number of ether oxygens (including phenoxy) is 1. The van der Waals surface area contributed by atoms with Gasteiger partial charge in [-0.15, -0.1) is 11.3 Å². The number of hydrogen-bond donors (Lipinski definition) is 0. The van der Waals surface area contributed by atoms with Gasteiger partial charge in [-0.25, -0.2) is 0 Å². The number of hydrogen-bond acceptors (Lipinski definition) is 2. The van der Waals surface area contributed by atoms with Gasteiger partial charge in [-0.2, -0.15) is 0 Å². The molecular weight excluding hydrogens is 276 g/mol. The molecule has 1 nitrogen and oxygen atoms in total. The Labute approximate surface area is 130 Å². The Hall–Kier alpha value is -1.80. The number of rotatable bonds is 5. The first kappa shape index (κ1) is 14.2. The van der Waals surface area contributed by atoms with Gasteiger partial charge < -0.3 is 4.74 Å². The van der Waals surface area contributed by atoms with E-state index in [-0.39, 0.29) is 0 Å². The van der Waals surface area contributed by atoms with Crippen LogP contribution in [0.4, 0.5) is 0 Å². The maximum atomic E-state index is 5.58. The van der Waals surface area contributed by atoms with Crippen LogP contribution in [-0.4, -0.2) is 6.61 Å². The minimum Gasteiger partial charge on any atom is -0.494 e. The minimum atomic E-state index is 0.711. The summed E-state index contributed by atoms with van der Waals surface area (Å²) < 4.78 is 6.86. The molecule has 0 N–H and O–H groups in total. The van der Waals surface area contributed by atoms with E-state index >= 15 is 0 Å². The maximum absolute atomic E-state index is 5.58. The molecule has 1 aromatic heterocycles. The third-order valence-electron chi connectivity index (χ3n) is 3.58. The maximum Gasteiger partial charge on any atom is 0.120 e.